The molecule has 1 fully saturated rings. The van der Waals surface area contributed by atoms with Gasteiger partial charge in [0, 0.05) is 49.7 Å². The van der Waals surface area contributed by atoms with Crippen LogP contribution in [0.4, 0.5) is 17.1 Å². The molecule has 0 aliphatic carbocycles. The SMILES string of the molecule is CCCNc1cc(N2CCCOC(C)C2)cc([N+](=O)[O-])c1. The topological polar surface area (TPSA) is 67.6 Å². The van der Waals surface area contributed by atoms with Crippen molar-refractivity contribution in [3.8, 4) is 0 Å². The van der Waals surface area contributed by atoms with Crippen molar-refractivity contribution in [2.24, 2.45) is 0 Å². The van der Waals surface area contributed by atoms with Gasteiger partial charge in [-0.3, -0.25) is 10.1 Å². The highest BCUT2D eigenvalue weighted by molar-refractivity contribution is 5.64. The summed E-state index contributed by atoms with van der Waals surface area (Å²) in [6.45, 7) is 7.27. The molecule has 0 aromatic heterocycles. The minimum absolute atomic E-state index is 0.129. The fraction of sp³-hybridized carbons (Fsp3) is 0.600. The standard InChI is InChI=1S/C15H23N3O3/c1-3-5-16-13-8-14(10-15(9-13)18(19)20)17-6-4-7-21-12(2)11-17/h8-10,12,16H,3-7,11H2,1-2H3. The largest absolute Gasteiger partial charge is 0.385 e. The summed E-state index contributed by atoms with van der Waals surface area (Å²) in [4.78, 5) is 13.0. The summed E-state index contributed by atoms with van der Waals surface area (Å²) in [5.74, 6) is 0. The third-order valence-corrected chi connectivity index (χ3v) is 3.51. The molecule has 0 saturated carbocycles. The summed E-state index contributed by atoms with van der Waals surface area (Å²) in [7, 11) is 0. The van der Waals surface area contributed by atoms with Crippen LogP contribution in [0.1, 0.15) is 26.7 Å². The zero-order valence-electron chi connectivity index (χ0n) is 12.7. The van der Waals surface area contributed by atoms with Crippen molar-refractivity contribution >= 4 is 17.1 Å². The highest BCUT2D eigenvalue weighted by Crippen LogP contribution is 2.28. The van der Waals surface area contributed by atoms with Crippen LogP contribution in [0.3, 0.4) is 0 Å². The van der Waals surface area contributed by atoms with Gasteiger partial charge in [-0.2, -0.15) is 0 Å². The number of nitrogens with one attached hydrogen (secondary N) is 1. The van der Waals surface area contributed by atoms with Gasteiger partial charge in [-0.25, -0.2) is 0 Å². The number of benzene rings is 1. The fourth-order valence-corrected chi connectivity index (χ4v) is 2.48. The van der Waals surface area contributed by atoms with Crippen LogP contribution in [0.2, 0.25) is 0 Å². The number of hydrogen-bond donors (Lipinski definition) is 1. The molecule has 1 aromatic rings. The fourth-order valence-electron chi connectivity index (χ4n) is 2.48. The molecule has 0 spiro atoms. The Hall–Kier alpha value is -1.82. The molecule has 1 unspecified atom stereocenters. The van der Waals surface area contributed by atoms with Gasteiger partial charge in [-0.1, -0.05) is 6.92 Å². The molecule has 2 rings (SSSR count). The molecular formula is C15H23N3O3. The number of nitro groups is 1. The summed E-state index contributed by atoms with van der Waals surface area (Å²) in [6, 6.07) is 5.23. The third-order valence-electron chi connectivity index (χ3n) is 3.51. The first-order chi connectivity index (χ1) is 10.1. The lowest BCUT2D eigenvalue weighted by molar-refractivity contribution is -0.384. The molecule has 6 heteroatoms. The Labute approximate surface area is 125 Å². The van der Waals surface area contributed by atoms with Gasteiger partial charge in [-0.15, -0.1) is 0 Å². The molecule has 6 nitrogen and oxygen atoms in total. The Morgan fingerprint density at radius 1 is 1.48 bits per heavy atom. The smallest absolute Gasteiger partial charge is 0.273 e. The number of rotatable bonds is 5. The van der Waals surface area contributed by atoms with E-state index in [0.717, 1.165) is 50.5 Å². The van der Waals surface area contributed by atoms with E-state index in [9.17, 15) is 10.1 Å². The molecule has 1 atom stereocenters. The normalized spacial score (nSPS) is 19.1. The van der Waals surface area contributed by atoms with Gasteiger partial charge in [0.25, 0.3) is 5.69 Å². The average Bonchev–Trinajstić information content (AvgIpc) is 2.69. The number of anilines is 2. The number of nitro benzene ring substituents is 1. The highest BCUT2D eigenvalue weighted by atomic mass is 16.6. The predicted octanol–water partition coefficient (Wildman–Crippen LogP) is 3.03. The van der Waals surface area contributed by atoms with Gasteiger partial charge >= 0.3 is 0 Å². The van der Waals surface area contributed by atoms with Crippen LogP contribution in [0, 0.1) is 10.1 Å². The molecule has 21 heavy (non-hydrogen) atoms. The van der Waals surface area contributed by atoms with Crippen molar-refractivity contribution < 1.29 is 9.66 Å². The van der Waals surface area contributed by atoms with E-state index >= 15 is 0 Å². The summed E-state index contributed by atoms with van der Waals surface area (Å²) in [6.07, 6.45) is 2.05. The first-order valence-corrected chi connectivity index (χ1v) is 7.50. The minimum atomic E-state index is -0.335. The van der Waals surface area contributed by atoms with Crippen LogP contribution in [0.5, 0.6) is 0 Å². The Morgan fingerprint density at radius 3 is 3.00 bits per heavy atom. The van der Waals surface area contributed by atoms with Crippen LogP contribution >= 0.6 is 0 Å². The summed E-state index contributed by atoms with van der Waals surface area (Å²) in [5, 5.41) is 14.4. The maximum atomic E-state index is 11.1. The van der Waals surface area contributed by atoms with E-state index in [4.69, 9.17) is 4.74 Å². The summed E-state index contributed by atoms with van der Waals surface area (Å²) in [5.41, 5.74) is 1.82. The molecule has 0 radical (unpaired) electrons. The number of nitrogens with zero attached hydrogens (tertiary/aromatic N) is 2. The third kappa shape index (κ3) is 4.32. The first kappa shape index (κ1) is 15.6. The van der Waals surface area contributed by atoms with Gasteiger partial charge in [-0.05, 0) is 25.8 Å². The second kappa shape index (κ2) is 7.26. The van der Waals surface area contributed by atoms with Gasteiger partial charge < -0.3 is 15.0 Å². The van der Waals surface area contributed by atoms with E-state index in [2.05, 4.69) is 17.1 Å². The quantitative estimate of drug-likeness (QED) is 0.667. The molecule has 0 amide bonds. The Kier molecular flexibility index (Phi) is 5.38. The van der Waals surface area contributed by atoms with Crippen LogP contribution < -0.4 is 10.2 Å². The van der Waals surface area contributed by atoms with E-state index < -0.39 is 0 Å². The molecule has 1 aliphatic rings. The van der Waals surface area contributed by atoms with Crippen molar-refractivity contribution in [1.29, 1.82) is 0 Å². The number of ether oxygens (including phenoxy) is 1. The van der Waals surface area contributed by atoms with Crippen LogP contribution in [0.25, 0.3) is 0 Å². The second-order valence-corrected chi connectivity index (χ2v) is 5.40. The molecule has 1 saturated heterocycles. The van der Waals surface area contributed by atoms with Gasteiger partial charge in [0.1, 0.15) is 0 Å². The second-order valence-electron chi connectivity index (χ2n) is 5.40. The maximum absolute atomic E-state index is 11.1. The Balaban J connectivity index is 2.27. The molecule has 0 bridgehead atoms. The first-order valence-electron chi connectivity index (χ1n) is 7.50. The van der Waals surface area contributed by atoms with Crippen molar-refractivity contribution in [1.82, 2.24) is 0 Å². The monoisotopic (exact) mass is 293 g/mol. The lowest BCUT2D eigenvalue weighted by Crippen LogP contribution is -2.30. The molecule has 1 heterocycles. The Morgan fingerprint density at radius 2 is 2.29 bits per heavy atom. The van der Waals surface area contributed by atoms with Crippen LogP contribution in [-0.4, -0.2) is 37.3 Å². The summed E-state index contributed by atoms with van der Waals surface area (Å²) < 4.78 is 5.64. The van der Waals surface area contributed by atoms with Crippen molar-refractivity contribution in [3.05, 3.63) is 28.3 Å². The van der Waals surface area contributed by atoms with Crippen molar-refractivity contribution in [3.63, 3.8) is 0 Å². The minimum Gasteiger partial charge on any atom is -0.385 e. The average molecular weight is 293 g/mol. The summed E-state index contributed by atoms with van der Waals surface area (Å²) >= 11 is 0. The van der Waals surface area contributed by atoms with E-state index in [1.54, 1.807) is 12.1 Å². The van der Waals surface area contributed by atoms with Crippen molar-refractivity contribution in [2.75, 3.05) is 36.5 Å². The molecule has 1 aliphatic heterocycles. The lowest BCUT2D eigenvalue weighted by atomic mass is 10.2. The van der Waals surface area contributed by atoms with E-state index in [1.165, 1.54) is 0 Å². The lowest BCUT2D eigenvalue weighted by Gasteiger charge is -2.24. The van der Waals surface area contributed by atoms with Crippen LogP contribution in [0.15, 0.2) is 18.2 Å². The molecule has 1 aromatic carbocycles. The zero-order valence-corrected chi connectivity index (χ0v) is 12.7. The number of hydrogen-bond acceptors (Lipinski definition) is 5. The Bertz CT molecular complexity index is 493. The van der Waals surface area contributed by atoms with Crippen molar-refractivity contribution in [2.45, 2.75) is 32.8 Å². The van der Waals surface area contributed by atoms with Gasteiger partial charge in [0.05, 0.1) is 11.0 Å². The highest BCUT2D eigenvalue weighted by Gasteiger charge is 2.18. The van der Waals surface area contributed by atoms with E-state index in [1.807, 2.05) is 13.0 Å². The predicted molar refractivity (Wildman–Crippen MR) is 84.1 cm³/mol. The zero-order chi connectivity index (χ0) is 15.2. The number of non-ortho nitro benzene ring substituents is 1. The van der Waals surface area contributed by atoms with E-state index in [0.29, 0.717) is 0 Å². The maximum Gasteiger partial charge on any atom is 0.273 e. The van der Waals surface area contributed by atoms with Gasteiger partial charge in [0.2, 0.25) is 0 Å². The molecule has 116 valence electrons. The van der Waals surface area contributed by atoms with E-state index in [-0.39, 0.29) is 16.7 Å². The molecule has 1 N–H and O–H groups in total. The van der Waals surface area contributed by atoms with Gasteiger partial charge in [0.15, 0.2) is 0 Å². The molecular weight excluding hydrogens is 270 g/mol. The van der Waals surface area contributed by atoms with Crippen LogP contribution in [-0.2, 0) is 4.74 Å².